The van der Waals surface area contributed by atoms with Crippen molar-refractivity contribution in [2.24, 2.45) is 0 Å². The summed E-state index contributed by atoms with van der Waals surface area (Å²) < 4.78 is 7.41. The van der Waals surface area contributed by atoms with Gasteiger partial charge in [-0.05, 0) is 25.5 Å². The van der Waals surface area contributed by atoms with Gasteiger partial charge in [-0.3, -0.25) is 0 Å². The van der Waals surface area contributed by atoms with Gasteiger partial charge in [0.1, 0.15) is 5.75 Å². The first-order valence-electron chi connectivity index (χ1n) is 6.62. The predicted octanol–water partition coefficient (Wildman–Crippen LogP) is 4.16. The van der Waals surface area contributed by atoms with Crippen molar-refractivity contribution in [3.8, 4) is 5.75 Å². The van der Waals surface area contributed by atoms with Gasteiger partial charge < -0.3 is 14.4 Å². The highest BCUT2D eigenvalue weighted by atomic mass is 35.5. The van der Waals surface area contributed by atoms with Gasteiger partial charge in [0.25, 0.3) is 0 Å². The molecule has 0 saturated heterocycles. The third-order valence-corrected chi connectivity index (χ3v) is 3.68. The Balaban J connectivity index is 2.61. The summed E-state index contributed by atoms with van der Waals surface area (Å²) in [5.41, 5.74) is 1.97. The third kappa shape index (κ3) is 2.72. The van der Waals surface area contributed by atoms with Crippen LogP contribution in [0.2, 0.25) is 5.02 Å². The maximum Gasteiger partial charge on any atom is 0.138 e. The molecule has 1 aromatic carbocycles. The number of methoxy groups -OCH3 is 1. The summed E-state index contributed by atoms with van der Waals surface area (Å²) in [7, 11) is 1.60. The van der Waals surface area contributed by atoms with Crippen molar-refractivity contribution in [1.82, 2.24) is 4.57 Å². The van der Waals surface area contributed by atoms with Crippen molar-refractivity contribution in [2.75, 3.05) is 7.11 Å². The van der Waals surface area contributed by atoms with E-state index in [0.717, 1.165) is 35.9 Å². The molecular formula is C15H20ClNO2. The molecule has 1 atom stereocenters. The summed E-state index contributed by atoms with van der Waals surface area (Å²) >= 11 is 6.20. The first kappa shape index (κ1) is 14.2. The number of halogens is 1. The number of benzene rings is 1. The summed E-state index contributed by atoms with van der Waals surface area (Å²) in [6.07, 6.45) is 3.75. The molecule has 1 heterocycles. The molecule has 2 rings (SSSR count). The molecule has 0 radical (unpaired) electrons. The fourth-order valence-electron chi connectivity index (χ4n) is 2.32. The topological polar surface area (TPSA) is 34.4 Å². The van der Waals surface area contributed by atoms with Crippen molar-refractivity contribution in [3.63, 3.8) is 0 Å². The molecule has 0 aliphatic heterocycles. The normalized spacial score (nSPS) is 12.9. The number of aliphatic hydroxyl groups is 1. The van der Waals surface area contributed by atoms with Crippen LogP contribution in [-0.4, -0.2) is 16.8 Å². The van der Waals surface area contributed by atoms with Crippen LogP contribution in [0.5, 0.6) is 5.75 Å². The lowest BCUT2D eigenvalue weighted by atomic mass is 10.1. The number of nitrogens with zero attached hydrogens (tertiary/aromatic N) is 1. The molecule has 2 aromatic rings. The highest BCUT2D eigenvalue weighted by Gasteiger charge is 2.15. The average Bonchev–Trinajstić information content (AvgIpc) is 2.73. The Hall–Kier alpha value is -1.19. The lowest BCUT2D eigenvalue weighted by Crippen LogP contribution is -1.95. The fraction of sp³-hybridized carbons (Fsp3) is 0.467. The number of unbranched alkanes of at least 4 members (excludes halogenated alkanes) is 1. The van der Waals surface area contributed by atoms with Crippen LogP contribution in [0.3, 0.4) is 0 Å². The second-order valence-electron chi connectivity index (χ2n) is 4.81. The molecule has 104 valence electrons. The van der Waals surface area contributed by atoms with Crippen LogP contribution >= 0.6 is 11.6 Å². The summed E-state index contributed by atoms with van der Waals surface area (Å²) in [4.78, 5) is 0. The number of hydrogen-bond donors (Lipinski definition) is 1. The van der Waals surface area contributed by atoms with Crippen LogP contribution in [0.25, 0.3) is 10.9 Å². The van der Waals surface area contributed by atoms with Gasteiger partial charge in [-0.15, -0.1) is 0 Å². The zero-order valence-electron chi connectivity index (χ0n) is 11.6. The Bertz CT molecular complexity index is 575. The number of aryl methyl sites for hydroxylation is 1. The van der Waals surface area contributed by atoms with Crippen LogP contribution in [0.15, 0.2) is 18.3 Å². The Kier molecular flexibility index (Phi) is 4.38. The minimum atomic E-state index is -0.503. The second-order valence-corrected chi connectivity index (χ2v) is 5.22. The quantitative estimate of drug-likeness (QED) is 0.893. The van der Waals surface area contributed by atoms with E-state index in [1.165, 1.54) is 0 Å². The number of ether oxygens (including phenoxy) is 1. The van der Waals surface area contributed by atoms with Crippen molar-refractivity contribution in [3.05, 3.63) is 28.9 Å². The van der Waals surface area contributed by atoms with Crippen LogP contribution < -0.4 is 4.74 Å². The highest BCUT2D eigenvalue weighted by molar-refractivity contribution is 6.32. The van der Waals surface area contributed by atoms with E-state index in [4.69, 9.17) is 16.3 Å². The van der Waals surface area contributed by atoms with Crippen molar-refractivity contribution in [1.29, 1.82) is 0 Å². The molecule has 1 unspecified atom stereocenters. The molecule has 0 aliphatic rings. The molecule has 0 saturated carbocycles. The summed E-state index contributed by atoms with van der Waals surface area (Å²) in [5, 5.41) is 11.5. The van der Waals surface area contributed by atoms with Gasteiger partial charge in [-0.2, -0.15) is 0 Å². The maximum atomic E-state index is 9.91. The smallest absolute Gasteiger partial charge is 0.138 e. The molecule has 0 fully saturated rings. The number of rotatable bonds is 5. The molecule has 0 spiro atoms. The van der Waals surface area contributed by atoms with Crippen LogP contribution in [0, 0.1) is 0 Å². The minimum absolute atomic E-state index is 0.503. The third-order valence-electron chi connectivity index (χ3n) is 3.39. The number of aromatic nitrogens is 1. The van der Waals surface area contributed by atoms with E-state index >= 15 is 0 Å². The molecule has 1 N–H and O–H groups in total. The molecule has 1 aromatic heterocycles. The monoisotopic (exact) mass is 281 g/mol. The van der Waals surface area contributed by atoms with E-state index in [9.17, 15) is 5.11 Å². The number of hydrogen-bond acceptors (Lipinski definition) is 2. The fourth-order valence-corrected chi connectivity index (χ4v) is 2.56. The Morgan fingerprint density at radius 3 is 2.74 bits per heavy atom. The first-order valence-corrected chi connectivity index (χ1v) is 7.00. The minimum Gasteiger partial charge on any atom is -0.495 e. The largest absolute Gasteiger partial charge is 0.495 e. The second kappa shape index (κ2) is 5.85. The van der Waals surface area contributed by atoms with Gasteiger partial charge in [-0.25, -0.2) is 0 Å². The van der Waals surface area contributed by atoms with Gasteiger partial charge in [-0.1, -0.05) is 24.9 Å². The lowest BCUT2D eigenvalue weighted by Gasteiger charge is -2.07. The number of fused-ring (bicyclic) bond motifs is 1. The standard InChI is InChI=1S/C15H20ClNO2/c1-4-5-6-17-9-12(10(2)18)11-7-15(19-3)13(16)8-14(11)17/h7-10,18H,4-6H2,1-3H3. The van der Waals surface area contributed by atoms with E-state index in [1.807, 2.05) is 18.3 Å². The Morgan fingerprint density at radius 1 is 1.42 bits per heavy atom. The van der Waals surface area contributed by atoms with E-state index in [2.05, 4.69) is 11.5 Å². The average molecular weight is 282 g/mol. The first-order chi connectivity index (χ1) is 9.08. The lowest BCUT2D eigenvalue weighted by molar-refractivity contribution is 0.200. The van der Waals surface area contributed by atoms with Crippen LogP contribution in [0.1, 0.15) is 38.4 Å². The van der Waals surface area contributed by atoms with E-state index < -0.39 is 6.10 Å². The Morgan fingerprint density at radius 2 is 2.16 bits per heavy atom. The zero-order valence-corrected chi connectivity index (χ0v) is 12.4. The molecule has 0 aliphatic carbocycles. The highest BCUT2D eigenvalue weighted by Crippen LogP contribution is 2.35. The molecule has 0 bridgehead atoms. The molecule has 3 nitrogen and oxygen atoms in total. The molecular weight excluding hydrogens is 262 g/mol. The van der Waals surface area contributed by atoms with Gasteiger partial charge in [0, 0.05) is 23.7 Å². The Labute approximate surface area is 118 Å². The van der Waals surface area contributed by atoms with Crippen molar-refractivity contribution >= 4 is 22.5 Å². The van der Waals surface area contributed by atoms with Gasteiger partial charge in [0.2, 0.25) is 0 Å². The summed E-state index contributed by atoms with van der Waals surface area (Å²) in [6, 6.07) is 3.82. The van der Waals surface area contributed by atoms with Gasteiger partial charge >= 0.3 is 0 Å². The van der Waals surface area contributed by atoms with Crippen LogP contribution in [-0.2, 0) is 6.54 Å². The van der Waals surface area contributed by atoms with Crippen LogP contribution in [0.4, 0.5) is 0 Å². The van der Waals surface area contributed by atoms with E-state index in [0.29, 0.717) is 10.8 Å². The SMILES string of the molecule is CCCCn1cc(C(C)O)c2cc(OC)c(Cl)cc21. The summed E-state index contributed by atoms with van der Waals surface area (Å²) in [5.74, 6) is 0.643. The summed E-state index contributed by atoms with van der Waals surface area (Å²) in [6.45, 7) is 4.87. The molecule has 0 amide bonds. The predicted molar refractivity (Wildman–Crippen MR) is 79.0 cm³/mol. The van der Waals surface area contributed by atoms with Crippen molar-refractivity contribution < 1.29 is 9.84 Å². The number of aliphatic hydroxyl groups excluding tert-OH is 1. The van der Waals surface area contributed by atoms with Gasteiger partial charge in [0.15, 0.2) is 0 Å². The van der Waals surface area contributed by atoms with Crippen molar-refractivity contribution in [2.45, 2.75) is 39.3 Å². The maximum absolute atomic E-state index is 9.91. The van der Waals surface area contributed by atoms with Gasteiger partial charge in [0.05, 0.1) is 23.8 Å². The molecule has 19 heavy (non-hydrogen) atoms. The molecule has 4 heteroatoms. The van der Waals surface area contributed by atoms with E-state index in [-0.39, 0.29) is 0 Å². The zero-order chi connectivity index (χ0) is 14.0. The van der Waals surface area contributed by atoms with E-state index in [1.54, 1.807) is 14.0 Å².